The van der Waals surface area contributed by atoms with E-state index >= 15 is 0 Å². The molecule has 4 fully saturated rings. The Kier molecular flexibility index (Phi) is 5.28. The molecule has 0 radical (unpaired) electrons. The van der Waals surface area contributed by atoms with Crippen LogP contribution in [0.4, 0.5) is 0 Å². The Morgan fingerprint density at radius 2 is 1.80 bits per heavy atom. The highest BCUT2D eigenvalue weighted by Gasteiger charge is 2.60. The van der Waals surface area contributed by atoms with E-state index in [9.17, 15) is 5.11 Å². The number of fused-ring (bicyclic) bond motifs is 5. The summed E-state index contributed by atoms with van der Waals surface area (Å²) in [7, 11) is 0. The number of aliphatic hydroxyl groups excluding tert-OH is 1. The molecule has 1 heteroatoms. The summed E-state index contributed by atoms with van der Waals surface area (Å²) in [5.74, 6) is 8.44. The van der Waals surface area contributed by atoms with Gasteiger partial charge in [0.25, 0.3) is 0 Å². The first kappa shape index (κ1) is 21.5. The van der Waals surface area contributed by atoms with Gasteiger partial charge < -0.3 is 5.11 Å². The molecular weight excluding hydrogens is 364 g/mol. The normalized spacial score (nSPS) is 53.5. The number of hydrogen-bond acceptors (Lipinski definition) is 1. The summed E-state index contributed by atoms with van der Waals surface area (Å²) in [4.78, 5) is 0. The second-order valence-corrected chi connectivity index (χ2v) is 13.4. The highest BCUT2D eigenvalue weighted by molar-refractivity contribution is 5.25. The van der Waals surface area contributed by atoms with E-state index in [4.69, 9.17) is 0 Å². The van der Waals surface area contributed by atoms with Crippen LogP contribution in [0.15, 0.2) is 11.6 Å². The highest BCUT2D eigenvalue weighted by atomic mass is 16.3. The second kappa shape index (κ2) is 7.36. The Labute approximate surface area is 186 Å². The fraction of sp³-hybridized carbons (Fsp3) is 0.931. The maximum absolute atomic E-state index is 10.3. The Balaban J connectivity index is 1.32. The third kappa shape index (κ3) is 3.11. The first-order valence-corrected chi connectivity index (χ1v) is 13.5. The molecule has 0 amide bonds. The van der Waals surface area contributed by atoms with E-state index in [0.717, 1.165) is 66.1 Å². The summed E-state index contributed by atoms with van der Waals surface area (Å²) in [6.07, 6.45) is 14.4. The fourth-order valence-electron chi connectivity index (χ4n) is 10.3. The summed E-state index contributed by atoms with van der Waals surface area (Å²) in [5.41, 5.74) is 2.60. The van der Waals surface area contributed by atoms with Crippen LogP contribution in [0.2, 0.25) is 0 Å². The molecule has 5 rings (SSSR count). The van der Waals surface area contributed by atoms with Gasteiger partial charge in [-0.1, -0.05) is 53.2 Å². The lowest BCUT2D eigenvalue weighted by Gasteiger charge is -2.58. The first-order valence-electron chi connectivity index (χ1n) is 13.5. The molecule has 5 aliphatic carbocycles. The molecule has 11 atom stereocenters. The van der Waals surface area contributed by atoms with E-state index in [0.29, 0.717) is 10.8 Å². The molecule has 5 aliphatic rings. The molecule has 4 saturated carbocycles. The van der Waals surface area contributed by atoms with Crippen molar-refractivity contribution < 1.29 is 5.11 Å². The minimum Gasteiger partial charge on any atom is -0.393 e. The maximum atomic E-state index is 10.3. The van der Waals surface area contributed by atoms with Gasteiger partial charge in [0.15, 0.2) is 0 Å². The Morgan fingerprint density at radius 3 is 2.50 bits per heavy atom. The molecular formula is C29H48O. The molecule has 0 unspecified atom stereocenters. The summed E-state index contributed by atoms with van der Waals surface area (Å²) >= 11 is 0. The predicted octanol–water partition coefficient (Wildman–Crippen LogP) is 7.49. The van der Waals surface area contributed by atoms with Gasteiger partial charge in [-0.2, -0.15) is 0 Å². The number of rotatable bonds is 4. The van der Waals surface area contributed by atoms with E-state index in [1.807, 2.05) is 0 Å². The van der Waals surface area contributed by atoms with Crippen molar-refractivity contribution in [2.45, 2.75) is 105 Å². The maximum Gasteiger partial charge on any atom is 0.0577 e. The molecule has 0 saturated heterocycles. The molecule has 0 heterocycles. The van der Waals surface area contributed by atoms with Gasteiger partial charge in [-0.15, -0.1) is 0 Å². The van der Waals surface area contributed by atoms with Crippen LogP contribution in [0, 0.1) is 64.1 Å². The monoisotopic (exact) mass is 412 g/mol. The molecule has 0 aromatic rings. The lowest BCUT2D eigenvalue weighted by atomic mass is 9.47. The zero-order chi connectivity index (χ0) is 21.4. The molecule has 0 aromatic carbocycles. The average molecular weight is 413 g/mol. The lowest BCUT2D eigenvalue weighted by molar-refractivity contribution is -0.0576. The van der Waals surface area contributed by atoms with Crippen LogP contribution < -0.4 is 0 Å². The smallest absolute Gasteiger partial charge is 0.0577 e. The quantitative estimate of drug-likeness (QED) is 0.474. The highest BCUT2D eigenvalue weighted by Crippen LogP contribution is 2.68. The molecule has 170 valence electrons. The van der Waals surface area contributed by atoms with Gasteiger partial charge in [-0.25, -0.2) is 0 Å². The minimum absolute atomic E-state index is 0.0778. The van der Waals surface area contributed by atoms with Crippen LogP contribution in [-0.2, 0) is 0 Å². The van der Waals surface area contributed by atoms with Gasteiger partial charge in [0.05, 0.1) is 6.10 Å². The van der Waals surface area contributed by atoms with Gasteiger partial charge in [0.1, 0.15) is 0 Å². The zero-order valence-electron chi connectivity index (χ0n) is 20.7. The summed E-state index contributed by atoms with van der Waals surface area (Å²) in [5, 5.41) is 10.3. The van der Waals surface area contributed by atoms with Gasteiger partial charge in [0.2, 0.25) is 0 Å². The second-order valence-electron chi connectivity index (χ2n) is 13.4. The number of hydrogen-bond donors (Lipinski definition) is 1. The lowest BCUT2D eigenvalue weighted by Crippen LogP contribution is -2.50. The summed E-state index contributed by atoms with van der Waals surface area (Å²) in [6.45, 7) is 15.3. The van der Waals surface area contributed by atoms with Crippen LogP contribution in [0.1, 0.15) is 99.3 Å². The van der Waals surface area contributed by atoms with Gasteiger partial charge in [-0.3, -0.25) is 0 Å². The van der Waals surface area contributed by atoms with Crippen molar-refractivity contribution in [1.82, 2.24) is 0 Å². The fourth-order valence-corrected chi connectivity index (χ4v) is 10.3. The van der Waals surface area contributed by atoms with Crippen molar-refractivity contribution in [2.24, 2.45) is 64.1 Å². The van der Waals surface area contributed by atoms with Gasteiger partial charge >= 0.3 is 0 Å². The van der Waals surface area contributed by atoms with Gasteiger partial charge in [-0.05, 0) is 122 Å². The Morgan fingerprint density at radius 1 is 1.03 bits per heavy atom. The summed E-state index contributed by atoms with van der Waals surface area (Å²) < 4.78 is 0. The minimum atomic E-state index is -0.0778. The van der Waals surface area contributed by atoms with E-state index < -0.39 is 0 Å². The van der Waals surface area contributed by atoms with Crippen molar-refractivity contribution in [3.05, 3.63) is 11.6 Å². The largest absolute Gasteiger partial charge is 0.393 e. The van der Waals surface area contributed by atoms with Crippen LogP contribution >= 0.6 is 0 Å². The van der Waals surface area contributed by atoms with E-state index in [1.54, 1.807) is 5.57 Å². The van der Waals surface area contributed by atoms with E-state index in [-0.39, 0.29) is 6.10 Å². The standard InChI is InChI=1S/C29H48O/c1-17(2)27-19(4)23(27)15-18(3)24-9-10-25-22-8-7-20-16-21(30)11-13-28(20,5)26(22)12-14-29(24,25)6/h7,17-19,21-27,30H,8-16H2,1-6H3/t18-,19-,21+,22+,23-,24-,25+,26+,27+,28+,29-/m1/s1. The van der Waals surface area contributed by atoms with Crippen LogP contribution in [0.3, 0.4) is 0 Å². The van der Waals surface area contributed by atoms with E-state index in [2.05, 4.69) is 47.6 Å². The first-order chi connectivity index (χ1) is 14.2. The third-order valence-corrected chi connectivity index (χ3v) is 11.9. The SMILES string of the molecule is CC(C)[C@H]1[C@H](C)[C@H]1C[C@@H](C)[C@H]1CC[C@H]2[C@@H]3CC=C4C[C@@H](O)CC[C@]4(C)[C@H]3CC[C@]12C. The van der Waals surface area contributed by atoms with Gasteiger partial charge in [0, 0.05) is 0 Å². The predicted molar refractivity (Wildman–Crippen MR) is 126 cm³/mol. The number of allylic oxidation sites excluding steroid dienone is 1. The van der Waals surface area contributed by atoms with Crippen LogP contribution in [0.25, 0.3) is 0 Å². The topological polar surface area (TPSA) is 20.2 Å². The van der Waals surface area contributed by atoms with Crippen molar-refractivity contribution >= 4 is 0 Å². The van der Waals surface area contributed by atoms with E-state index in [1.165, 1.54) is 44.9 Å². The van der Waals surface area contributed by atoms with Crippen molar-refractivity contribution in [3.63, 3.8) is 0 Å². The Hall–Kier alpha value is -0.300. The molecule has 30 heavy (non-hydrogen) atoms. The molecule has 1 N–H and O–H groups in total. The molecule has 0 spiro atoms. The molecule has 0 bridgehead atoms. The molecule has 0 aliphatic heterocycles. The van der Waals surface area contributed by atoms with Crippen molar-refractivity contribution in [1.29, 1.82) is 0 Å². The summed E-state index contributed by atoms with van der Waals surface area (Å²) in [6, 6.07) is 0. The molecule has 0 aromatic heterocycles. The van der Waals surface area contributed by atoms with Crippen LogP contribution in [-0.4, -0.2) is 11.2 Å². The molecule has 1 nitrogen and oxygen atoms in total. The van der Waals surface area contributed by atoms with Crippen molar-refractivity contribution in [2.75, 3.05) is 0 Å². The zero-order valence-corrected chi connectivity index (χ0v) is 20.7. The number of aliphatic hydroxyl groups is 1. The Bertz CT molecular complexity index is 692. The van der Waals surface area contributed by atoms with Crippen LogP contribution in [0.5, 0.6) is 0 Å². The van der Waals surface area contributed by atoms with Crippen molar-refractivity contribution in [3.8, 4) is 0 Å². The third-order valence-electron chi connectivity index (χ3n) is 11.9. The average Bonchev–Trinajstić information content (AvgIpc) is 3.17.